The van der Waals surface area contributed by atoms with E-state index < -0.39 is 36.0 Å². The number of aliphatic hydroxyl groups excluding tert-OH is 2. The zero-order valence-corrected chi connectivity index (χ0v) is 29.1. The lowest BCUT2D eigenvalue weighted by Gasteiger charge is -2.33. The average molecular weight is 685 g/mol. The van der Waals surface area contributed by atoms with Crippen molar-refractivity contribution >= 4 is 34.9 Å². The van der Waals surface area contributed by atoms with Gasteiger partial charge in [-0.1, -0.05) is 67.6 Å². The predicted octanol–water partition coefficient (Wildman–Crippen LogP) is 4.13. The first kappa shape index (κ1) is 35.1. The largest absolute Gasteiger partial charge is 0.444 e. The molecule has 50 heavy (non-hydrogen) atoms. The third-order valence-corrected chi connectivity index (χ3v) is 9.46. The number of nitrogens with one attached hydrogen (secondary N) is 3. The van der Waals surface area contributed by atoms with Crippen LogP contribution in [0.3, 0.4) is 0 Å². The molecule has 2 aliphatic rings. The first-order valence-electron chi connectivity index (χ1n) is 17.5. The van der Waals surface area contributed by atoms with Crippen LogP contribution in [0.4, 0.5) is 16.6 Å². The smallest absolute Gasteiger partial charge is 0.407 e. The molecule has 2 aromatic heterocycles. The molecule has 3 heterocycles. The van der Waals surface area contributed by atoms with Gasteiger partial charge in [0.2, 0.25) is 11.9 Å². The van der Waals surface area contributed by atoms with Crippen LogP contribution in [-0.2, 0) is 9.53 Å². The first-order chi connectivity index (χ1) is 24.0. The number of piperidine rings is 1. The number of rotatable bonds is 10. The van der Waals surface area contributed by atoms with E-state index in [-0.39, 0.29) is 24.3 Å². The average Bonchev–Trinajstić information content (AvgIpc) is 3.65. The summed E-state index contributed by atoms with van der Waals surface area (Å²) in [4.78, 5) is 41.4. The minimum atomic E-state index is -1.14. The molecular weight excluding hydrogens is 636 g/mol. The zero-order valence-electron chi connectivity index (χ0n) is 29.1. The van der Waals surface area contributed by atoms with Crippen molar-refractivity contribution in [3.8, 4) is 0 Å². The molecule has 0 bridgehead atoms. The Balaban J connectivity index is 1.30. The van der Waals surface area contributed by atoms with Crippen molar-refractivity contribution in [1.29, 1.82) is 0 Å². The SMILES string of the molecule is CCC(=O)N[C@H]1C[C@@H](n2cnc3c(NCC(c4ccccc4)c4ccccc4)nc(N4CCC(NC(=O)OC(C)(C)C)CC4)nc32)[C@H](O)[C@@H]1O. The number of aliphatic hydroxyl groups is 2. The van der Waals surface area contributed by atoms with E-state index in [4.69, 9.17) is 19.7 Å². The summed E-state index contributed by atoms with van der Waals surface area (Å²) in [5.41, 5.74) is 2.79. The summed E-state index contributed by atoms with van der Waals surface area (Å²) >= 11 is 0. The Bertz CT molecular complexity index is 1710. The van der Waals surface area contributed by atoms with E-state index in [9.17, 15) is 19.8 Å². The highest BCUT2D eigenvalue weighted by atomic mass is 16.6. The summed E-state index contributed by atoms with van der Waals surface area (Å²) in [5, 5.41) is 31.5. The Hall–Kier alpha value is -4.75. The maximum atomic E-state index is 12.4. The molecule has 266 valence electrons. The standard InChI is InChI=1S/C37H48N8O5/c1-5-29(46)41-27-20-28(32(48)31(27)47)45-22-39-30-33(38-21-26(23-12-8-6-9-13-23)24-14-10-7-11-15-24)42-35(43-34(30)45)44-18-16-25(17-19-44)40-36(49)50-37(2,3)4/h6-15,22,25-28,31-32,47-48H,5,16-21H2,1-4H3,(H,40,49)(H,41,46)(H,38,42,43)/t27-,28+,31+,32-/m0/s1. The van der Waals surface area contributed by atoms with Gasteiger partial charge in [0.25, 0.3) is 0 Å². The van der Waals surface area contributed by atoms with Crippen molar-refractivity contribution < 1.29 is 24.5 Å². The molecule has 2 aromatic carbocycles. The highest BCUT2D eigenvalue weighted by molar-refractivity contribution is 5.84. The topological polar surface area (TPSA) is 167 Å². The molecule has 0 unspecified atom stereocenters. The number of nitrogens with zero attached hydrogens (tertiary/aromatic N) is 5. The van der Waals surface area contributed by atoms with Crippen LogP contribution in [0.2, 0.25) is 0 Å². The van der Waals surface area contributed by atoms with Gasteiger partial charge in [0, 0.05) is 38.0 Å². The van der Waals surface area contributed by atoms with Crippen LogP contribution in [-0.4, -0.2) is 91.3 Å². The summed E-state index contributed by atoms with van der Waals surface area (Å²) in [7, 11) is 0. The second kappa shape index (κ2) is 15.0. The molecule has 0 spiro atoms. The van der Waals surface area contributed by atoms with Gasteiger partial charge in [0.05, 0.1) is 18.4 Å². The molecule has 2 fully saturated rings. The lowest BCUT2D eigenvalue weighted by molar-refractivity contribution is -0.122. The number of carbonyl (C=O) groups is 2. The summed E-state index contributed by atoms with van der Waals surface area (Å²) in [6.45, 7) is 9.01. The van der Waals surface area contributed by atoms with Crippen LogP contribution in [0.15, 0.2) is 67.0 Å². The monoisotopic (exact) mass is 684 g/mol. The van der Waals surface area contributed by atoms with Gasteiger partial charge in [0.15, 0.2) is 17.0 Å². The second-order valence-corrected chi connectivity index (χ2v) is 14.2. The summed E-state index contributed by atoms with van der Waals surface area (Å²) in [6.07, 6.45) is 0.870. The van der Waals surface area contributed by atoms with E-state index >= 15 is 0 Å². The molecule has 6 rings (SSSR count). The summed E-state index contributed by atoms with van der Waals surface area (Å²) in [6, 6.07) is 19.4. The van der Waals surface area contributed by atoms with Gasteiger partial charge in [-0.05, 0) is 51.2 Å². The van der Waals surface area contributed by atoms with E-state index in [1.54, 1.807) is 17.8 Å². The zero-order chi connectivity index (χ0) is 35.4. The van der Waals surface area contributed by atoms with E-state index in [0.717, 1.165) is 11.1 Å². The Morgan fingerprint density at radius 1 is 0.940 bits per heavy atom. The molecular formula is C37H48N8O5. The molecule has 2 amide bonds. The van der Waals surface area contributed by atoms with E-state index in [0.29, 0.717) is 61.8 Å². The Kier molecular flexibility index (Phi) is 10.5. The fraction of sp³-hybridized carbons (Fsp3) is 0.486. The molecule has 5 N–H and O–H groups in total. The van der Waals surface area contributed by atoms with Crippen LogP contribution in [0, 0.1) is 0 Å². The van der Waals surface area contributed by atoms with Crippen LogP contribution in [0.5, 0.6) is 0 Å². The van der Waals surface area contributed by atoms with Gasteiger partial charge in [0.1, 0.15) is 17.8 Å². The fourth-order valence-electron chi connectivity index (χ4n) is 6.84. The normalized spacial score (nSPS) is 21.4. The number of hydrogen-bond acceptors (Lipinski definition) is 10. The molecule has 4 aromatic rings. The highest BCUT2D eigenvalue weighted by Crippen LogP contribution is 2.35. The van der Waals surface area contributed by atoms with Crippen molar-refractivity contribution in [3.05, 3.63) is 78.1 Å². The lowest BCUT2D eigenvalue weighted by atomic mass is 9.91. The number of fused-ring (bicyclic) bond motifs is 1. The van der Waals surface area contributed by atoms with Gasteiger partial charge in [-0.2, -0.15) is 9.97 Å². The molecule has 1 aliphatic carbocycles. The van der Waals surface area contributed by atoms with Gasteiger partial charge in [-0.25, -0.2) is 9.78 Å². The Labute approximate surface area is 292 Å². The molecule has 1 saturated heterocycles. The predicted molar refractivity (Wildman–Crippen MR) is 191 cm³/mol. The molecule has 4 atom stereocenters. The fourth-order valence-corrected chi connectivity index (χ4v) is 6.84. The van der Waals surface area contributed by atoms with Crippen molar-refractivity contribution in [1.82, 2.24) is 30.2 Å². The number of imidazole rings is 1. The number of hydrogen-bond donors (Lipinski definition) is 5. The second-order valence-electron chi connectivity index (χ2n) is 14.2. The Morgan fingerprint density at radius 3 is 2.18 bits per heavy atom. The molecule has 13 nitrogen and oxygen atoms in total. The van der Waals surface area contributed by atoms with Crippen molar-refractivity contribution in [3.63, 3.8) is 0 Å². The maximum Gasteiger partial charge on any atom is 0.407 e. The third kappa shape index (κ3) is 8.00. The number of ether oxygens (including phenoxy) is 1. The third-order valence-electron chi connectivity index (χ3n) is 9.46. The summed E-state index contributed by atoms with van der Waals surface area (Å²) < 4.78 is 7.25. The molecule has 1 aliphatic heterocycles. The van der Waals surface area contributed by atoms with Crippen molar-refractivity contribution in [2.45, 2.75) is 95.2 Å². The van der Waals surface area contributed by atoms with Crippen LogP contribution >= 0.6 is 0 Å². The molecule has 0 radical (unpaired) electrons. The Morgan fingerprint density at radius 2 is 1.58 bits per heavy atom. The minimum absolute atomic E-state index is 0.0253. The van der Waals surface area contributed by atoms with Crippen molar-refractivity contribution in [2.24, 2.45) is 0 Å². The van der Waals surface area contributed by atoms with Gasteiger partial charge in [-0.3, -0.25) is 4.79 Å². The number of alkyl carbamates (subject to hydrolysis) is 1. The number of aromatic nitrogens is 4. The van der Waals surface area contributed by atoms with Gasteiger partial charge < -0.3 is 40.4 Å². The minimum Gasteiger partial charge on any atom is -0.444 e. The van der Waals surface area contributed by atoms with Crippen LogP contribution in [0.25, 0.3) is 11.2 Å². The number of anilines is 2. The lowest BCUT2D eigenvalue weighted by Crippen LogP contribution is -2.46. The maximum absolute atomic E-state index is 12.4. The quantitative estimate of drug-likeness (QED) is 0.164. The van der Waals surface area contributed by atoms with E-state index in [1.165, 1.54) is 0 Å². The van der Waals surface area contributed by atoms with Gasteiger partial charge in [-0.15, -0.1) is 0 Å². The van der Waals surface area contributed by atoms with E-state index in [1.807, 2.05) is 57.2 Å². The highest BCUT2D eigenvalue weighted by Gasteiger charge is 2.44. The van der Waals surface area contributed by atoms with Gasteiger partial charge >= 0.3 is 6.09 Å². The van der Waals surface area contributed by atoms with Crippen LogP contribution in [0.1, 0.15) is 76.5 Å². The number of carbonyl (C=O) groups excluding carboxylic acids is 2. The van der Waals surface area contributed by atoms with Crippen molar-refractivity contribution in [2.75, 3.05) is 29.9 Å². The first-order valence-corrected chi connectivity index (χ1v) is 17.5. The number of amides is 2. The summed E-state index contributed by atoms with van der Waals surface area (Å²) in [5.74, 6) is 0.887. The molecule has 13 heteroatoms. The number of benzene rings is 2. The molecule has 1 saturated carbocycles. The van der Waals surface area contributed by atoms with E-state index in [2.05, 4.69) is 45.1 Å². The van der Waals surface area contributed by atoms with Crippen LogP contribution < -0.4 is 20.9 Å².